The van der Waals surface area contributed by atoms with E-state index in [9.17, 15) is 18.0 Å². The molecule has 0 heterocycles. The number of nitrogens with one attached hydrogen (secondary N) is 3. The minimum absolute atomic E-state index is 0.0386. The molecule has 1 atom stereocenters. The lowest BCUT2D eigenvalue weighted by Gasteiger charge is -2.14. The highest BCUT2D eigenvalue weighted by Gasteiger charge is 2.18. The number of rotatable bonds is 8. The molecule has 0 saturated carbocycles. The van der Waals surface area contributed by atoms with Gasteiger partial charge in [0.15, 0.2) is 0 Å². The largest absolute Gasteiger partial charge is 0.354 e. The summed E-state index contributed by atoms with van der Waals surface area (Å²) in [4.78, 5) is 24.1. The summed E-state index contributed by atoms with van der Waals surface area (Å²) >= 11 is 0. The molecule has 0 aliphatic heterocycles. The number of amides is 2. The van der Waals surface area contributed by atoms with E-state index in [1.165, 1.54) is 24.3 Å². The third-order valence-corrected chi connectivity index (χ3v) is 5.14. The minimum Gasteiger partial charge on any atom is -0.354 e. The van der Waals surface area contributed by atoms with Crippen LogP contribution in [0.3, 0.4) is 0 Å². The number of sulfonamides is 1. The number of carbonyl (C=O) groups excluding carboxylic acids is 2. The molecule has 7 nitrogen and oxygen atoms in total. The van der Waals surface area contributed by atoms with Crippen molar-refractivity contribution in [1.82, 2.24) is 10.6 Å². The summed E-state index contributed by atoms with van der Waals surface area (Å²) in [5, 5.41) is 5.29. The Kier molecular flexibility index (Phi) is 6.95. The van der Waals surface area contributed by atoms with E-state index >= 15 is 0 Å². The zero-order valence-corrected chi connectivity index (χ0v) is 16.0. The van der Waals surface area contributed by atoms with Crippen molar-refractivity contribution in [2.24, 2.45) is 0 Å². The Labute approximate surface area is 159 Å². The average molecular weight is 389 g/mol. The minimum atomic E-state index is -3.75. The van der Waals surface area contributed by atoms with Crippen LogP contribution in [0.4, 0.5) is 5.69 Å². The van der Waals surface area contributed by atoms with Gasteiger partial charge in [0.1, 0.15) is 6.04 Å². The van der Waals surface area contributed by atoms with Gasteiger partial charge < -0.3 is 10.6 Å². The molecule has 0 aromatic heterocycles. The molecule has 2 amide bonds. The van der Waals surface area contributed by atoms with Gasteiger partial charge in [-0.3, -0.25) is 14.3 Å². The van der Waals surface area contributed by atoms with Gasteiger partial charge in [-0.2, -0.15) is 0 Å². The fourth-order valence-corrected chi connectivity index (χ4v) is 3.31. The molecule has 2 rings (SSSR count). The van der Waals surface area contributed by atoms with Gasteiger partial charge in [-0.15, -0.1) is 0 Å². The summed E-state index contributed by atoms with van der Waals surface area (Å²) in [5.74, 6) is -0.717. The van der Waals surface area contributed by atoms with Crippen LogP contribution in [-0.4, -0.2) is 32.8 Å². The predicted octanol–water partition coefficient (Wildman–Crippen LogP) is 2.13. The summed E-state index contributed by atoms with van der Waals surface area (Å²) in [6.45, 7) is 4.07. The Bertz CT molecular complexity index is 881. The molecule has 0 bridgehead atoms. The number of hydrogen-bond acceptors (Lipinski definition) is 4. The highest BCUT2D eigenvalue weighted by atomic mass is 32.2. The SMILES string of the molecule is CCCNC(=O)C(C)NC(=O)c1ccc(S(=O)(=O)Nc2ccccc2)cc1. The second-order valence-corrected chi connectivity index (χ2v) is 7.66. The van der Waals surface area contributed by atoms with Crippen LogP contribution in [0.15, 0.2) is 59.5 Å². The van der Waals surface area contributed by atoms with Gasteiger partial charge in [0.05, 0.1) is 4.90 Å². The van der Waals surface area contributed by atoms with Crippen LogP contribution in [-0.2, 0) is 14.8 Å². The van der Waals surface area contributed by atoms with Gasteiger partial charge in [0.2, 0.25) is 5.91 Å². The van der Waals surface area contributed by atoms with E-state index in [4.69, 9.17) is 0 Å². The second-order valence-electron chi connectivity index (χ2n) is 5.98. The van der Waals surface area contributed by atoms with Crippen LogP contribution in [0.25, 0.3) is 0 Å². The van der Waals surface area contributed by atoms with Crippen molar-refractivity contribution < 1.29 is 18.0 Å². The van der Waals surface area contributed by atoms with Crippen molar-refractivity contribution >= 4 is 27.5 Å². The third-order valence-electron chi connectivity index (χ3n) is 3.74. The van der Waals surface area contributed by atoms with E-state index in [-0.39, 0.29) is 16.4 Å². The monoisotopic (exact) mass is 389 g/mol. The zero-order valence-electron chi connectivity index (χ0n) is 15.2. The molecular formula is C19H23N3O4S. The van der Waals surface area contributed by atoms with Gasteiger partial charge in [-0.1, -0.05) is 25.1 Å². The molecule has 3 N–H and O–H groups in total. The summed E-state index contributed by atoms with van der Waals surface area (Å²) in [7, 11) is -3.75. The van der Waals surface area contributed by atoms with Crippen molar-refractivity contribution in [2.75, 3.05) is 11.3 Å². The zero-order chi connectivity index (χ0) is 19.9. The van der Waals surface area contributed by atoms with Crippen molar-refractivity contribution in [3.63, 3.8) is 0 Å². The maximum absolute atomic E-state index is 12.4. The number of carbonyl (C=O) groups is 2. The molecule has 0 saturated heterocycles. The Morgan fingerprint density at radius 3 is 2.22 bits per heavy atom. The first-order valence-electron chi connectivity index (χ1n) is 8.60. The molecule has 144 valence electrons. The molecule has 0 radical (unpaired) electrons. The molecule has 0 fully saturated rings. The van der Waals surface area contributed by atoms with Crippen LogP contribution in [0.2, 0.25) is 0 Å². The Morgan fingerprint density at radius 1 is 1.00 bits per heavy atom. The predicted molar refractivity (Wildman–Crippen MR) is 104 cm³/mol. The maximum atomic E-state index is 12.4. The number of para-hydroxylation sites is 1. The number of anilines is 1. The molecule has 8 heteroatoms. The van der Waals surface area contributed by atoms with Crippen LogP contribution in [0, 0.1) is 0 Å². The van der Waals surface area contributed by atoms with Gasteiger partial charge >= 0.3 is 0 Å². The first-order valence-corrected chi connectivity index (χ1v) is 10.1. The van der Waals surface area contributed by atoms with Crippen LogP contribution >= 0.6 is 0 Å². The normalized spacial score (nSPS) is 12.1. The average Bonchev–Trinajstić information content (AvgIpc) is 2.66. The van der Waals surface area contributed by atoms with Crippen LogP contribution in [0.5, 0.6) is 0 Å². The molecule has 27 heavy (non-hydrogen) atoms. The van der Waals surface area contributed by atoms with Crippen LogP contribution in [0.1, 0.15) is 30.6 Å². The Morgan fingerprint density at radius 2 is 1.63 bits per heavy atom. The van der Waals surface area contributed by atoms with Gasteiger partial charge in [0.25, 0.3) is 15.9 Å². The summed E-state index contributed by atoms with van der Waals surface area (Å²) in [6, 6.07) is 13.4. The van der Waals surface area contributed by atoms with E-state index < -0.39 is 22.0 Å². The third kappa shape index (κ3) is 5.82. The lowest BCUT2D eigenvalue weighted by molar-refractivity contribution is -0.122. The van der Waals surface area contributed by atoms with Crippen molar-refractivity contribution in [1.29, 1.82) is 0 Å². The molecule has 1 unspecified atom stereocenters. The quantitative estimate of drug-likeness (QED) is 0.643. The lowest BCUT2D eigenvalue weighted by atomic mass is 10.2. The molecule has 2 aromatic carbocycles. The summed E-state index contributed by atoms with van der Waals surface area (Å²) in [5.41, 5.74) is 0.718. The highest BCUT2D eigenvalue weighted by Crippen LogP contribution is 2.16. The number of benzene rings is 2. The number of hydrogen-bond donors (Lipinski definition) is 3. The fourth-order valence-electron chi connectivity index (χ4n) is 2.25. The molecular weight excluding hydrogens is 366 g/mol. The van der Waals surface area contributed by atoms with Crippen molar-refractivity contribution in [2.45, 2.75) is 31.2 Å². The second kappa shape index (κ2) is 9.18. The molecule has 2 aromatic rings. The van der Waals surface area contributed by atoms with E-state index in [2.05, 4.69) is 15.4 Å². The smallest absolute Gasteiger partial charge is 0.261 e. The van der Waals surface area contributed by atoms with E-state index in [0.717, 1.165) is 6.42 Å². The van der Waals surface area contributed by atoms with Crippen LogP contribution < -0.4 is 15.4 Å². The first-order chi connectivity index (χ1) is 12.8. The molecule has 0 aliphatic rings. The lowest BCUT2D eigenvalue weighted by Crippen LogP contribution is -2.45. The topological polar surface area (TPSA) is 104 Å². The van der Waals surface area contributed by atoms with Crippen molar-refractivity contribution in [3.05, 3.63) is 60.2 Å². The maximum Gasteiger partial charge on any atom is 0.261 e. The first kappa shape index (κ1) is 20.4. The Balaban J connectivity index is 2.03. The molecule has 0 aliphatic carbocycles. The standard InChI is InChI=1S/C19H23N3O4S/c1-3-13-20-18(23)14(2)21-19(24)15-9-11-17(12-10-15)27(25,26)22-16-7-5-4-6-8-16/h4-12,14,22H,3,13H2,1-2H3,(H,20,23)(H,21,24). The van der Waals surface area contributed by atoms with Crippen molar-refractivity contribution in [3.8, 4) is 0 Å². The van der Waals surface area contributed by atoms with E-state index in [1.807, 2.05) is 6.92 Å². The highest BCUT2D eigenvalue weighted by molar-refractivity contribution is 7.92. The Hall–Kier alpha value is -2.87. The summed E-state index contributed by atoms with van der Waals surface area (Å²) < 4.78 is 27.2. The van der Waals surface area contributed by atoms with E-state index in [0.29, 0.717) is 12.2 Å². The van der Waals surface area contributed by atoms with Gasteiger partial charge in [-0.05, 0) is 49.7 Å². The van der Waals surface area contributed by atoms with E-state index in [1.54, 1.807) is 37.3 Å². The molecule has 0 spiro atoms. The fraction of sp³-hybridized carbons (Fsp3) is 0.263. The van der Waals surface area contributed by atoms with Gasteiger partial charge in [0, 0.05) is 17.8 Å². The van der Waals surface area contributed by atoms with Gasteiger partial charge in [-0.25, -0.2) is 8.42 Å². The summed E-state index contributed by atoms with van der Waals surface area (Å²) in [6.07, 6.45) is 0.805.